The molecule has 8 heteroatoms. The van der Waals surface area contributed by atoms with Gasteiger partial charge in [0, 0.05) is 7.05 Å². The standard InChI is InChI=1S/C36H24N2O6/c1-21-7-13-25(14-8-21)43-31-5-3-4-6-32(31)44-26-15-11-24(12-16-26)38-35(41)28-18-10-23(20-30(28)36(38)42)22-9-17-27-29(19-22)34(40)37(2)33(27)39/h3-20H,1-2H3. The van der Waals surface area contributed by atoms with Crippen molar-refractivity contribution >= 4 is 29.3 Å². The molecule has 44 heavy (non-hydrogen) atoms. The summed E-state index contributed by atoms with van der Waals surface area (Å²) >= 11 is 0. The Morgan fingerprint density at radius 3 is 1.52 bits per heavy atom. The van der Waals surface area contributed by atoms with Gasteiger partial charge in [-0.1, -0.05) is 42.0 Å². The number of imide groups is 2. The SMILES string of the molecule is Cc1ccc(Oc2ccccc2Oc2ccc(N3C(=O)c4ccc(-c5ccc6c(c5)C(=O)N(C)C6=O)cc4C3=O)cc2)cc1. The molecule has 0 aliphatic carbocycles. The van der Waals surface area contributed by atoms with E-state index >= 15 is 0 Å². The first kappa shape index (κ1) is 26.9. The minimum Gasteiger partial charge on any atom is -0.453 e. The van der Waals surface area contributed by atoms with Crippen LogP contribution < -0.4 is 14.4 Å². The molecular formula is C36H24N2O6. The van der Waals surface area contributed by atoms with Crippen LogP contribution in [0.15, 0.2) is 109 Å². The fourth-order valence-corrected chi connectivity index (χ4v) is 5.34. The molecule has 0 spiro atoms. The van der Waals surface area contributed by atoms with Gasteiger partial charge >= 0.3 is 0 Å². The molecule has 0 aromatic heterocycles. The predicted molar refractivity (Wildman–Crippen MR) is 164 cm³/mol. The van der Waals surface area contributed by atoms with Crippen molar-refractivity contribution in [2.75, 3.05) is 11.9 Å². The minimum absolute atomic E-state index is 0.259. The summed E-state index contributed by atoms with van der Waals surface area (Å²) in [5.74, 6) is 0.633. The number of aryl methyl sites for hydroxylation is 1. The second-order valence-electron chi connectivity index (χ2n) is 10.6. The molecule has 0 fully saturated rings. The maximum absolute atomic E-state index is 13.5. The van der Waals surface area contributed by atoms with Gasteiger partial charge in [-0.05, 0) is 90.8 Å². The lowest BCUT2D eigenvalue weighted by Gasteiger charge is -2.15. The molecule has 0 N–H and O–H groups in total. The van der Waals surface area contributed by atoms with Gasteiger partial charge in [0.2, 0.25) is 0 Å². The van der Waals surface area contributed by atoms with Gasteiger partial charge in [-0.15, -0.1) is 0 Å². The molecular weight excluding hydrogens is 556 g/mol. The van der Waals surface area contributed by atoms with Gasteiger partial charge in [0.15, 0.2) is 11.5 Å². The summed E-state index contributed by atoms with van der Waals surface area (Å²) in [6.07, 6.45) is 0. The Balaban J connectivity index is 1.11. The molecule has 0 saturated carbocycles. The van der Waals surface area contributed by atoms with Crippen molar-refractivity contribution in [3.05, 3.63) is 137 Å². The monoisotopic (exact) mass is 580 g/mol. The Morgan fingerprint density at radius 1 is 0.500 bits per heavy atom. The third kappa shape index (κ3) is 4.49. The molecule has 2 heterocycles. The van der Waals surface area contributed by atoms with Gasteiger partial charge in [-0.3, -0.25) is 24.1 Å². The molecule has 8 nitrogen and oxygen atoms in total. The number of para-hydroxylation sites is 2. The minimum atomic E-state index is -0.454. The summed E-state index contributed by atoms with van der Waals surface area (Å²) in [7, 11) is 1.44. The summed E-state index contributed by atoms with van der Waals surface area (Å²) < 4.78 is 12.1. The molecule has 0 unspecified atom stereocenters. The Kier molecular flexibility index (Phi) is 6.32. The molecule has 214 valence electrons. The number of carbonyl (C=O) groups is 4. The highest BCUT2D eigenvalue weighted by Gasteiger charge is 2.37. The number of hydrogen-bond donors (Lipinski definition) is 0. The maximum Gasteiger partial charge on any atom is 0.266 e. The van der Waals surface area contributed by atoms with Crippen molar-refractivity contribution in [3.8, 4) is 34.1 Å². The van der Waals surface area contributed by atoms with Gasteiger partial charge in [-0.2, -0.15) is 0 Å². The molecule has 5 aromatic rings. The van der Waals surface area contributed by atoms with Crippen molar-refractivity contribution in [1.29, 1.82) is 0 Å². The fourth-order valence-electron chi connectivity index (χ4n) is 5.34. The lowest BCUT2D eigenvalue weighted by Crippen LogP contribution is -2.29. The van der Waals surface area contributed by atoms with Crippen LogP contribution in [0.4, 0.5) is 5.69 Å². The average Bonchev–Trinajstić information content (AvgIpc) is 3.42. The third-order valence-corrected chi connectivity index (χ3v) is 7.73. The van der Waals surface area contributed by atoms with Crippen molar-refractivity contribution in [1.82, 2.24) is 4.90 Å². The van der Waals surface area contributed by atoms with Crippen molar-refractivity contribution in [3.63, 3.8) is 0 Å². The van der Waals surface area contributed by atoms with Crippen LogP contribution in [0.2, 0.25) is 0 Å². The lowest BCUT2D eigenvalue weighted by molar-refractivity contribution is 0.0692. The van der Waals surface area contributed by atoms with E-state index < -0.39 is 11.8 Å². The fraction of sp³-hybridized carbons (Fsp3) is 0.0556. The van der Waals surface area contributed by atoms with E-state index in [1.165, 1.54) is 7.05 Å². The zero-order chi connectivity index (χ0) is 30.5. The predicted octanol–water partition coefficient (Wildman–Crippen LogP) is 7.27. The van der Waals surface area contributed by atoms with Crippen LogP contribution in [0.5, 0.6) is 23.0 Å². The number of ether oxygens (including phenoxy) is 2. The van der Waals surface area contributed by atoms with Crippen LogP contribution in [-0.4, -0.2) is 35.6 Å². The van der Waals surface area contributed by atoms with Gasteiger partial charge in [-0.25, -0.2) is 4.90 Å². The highest BCUT2D eigenvalue weighted by atomic mass is 16.5. The number of hydrogen-bond acceptors (Lipinski definition) is 6. The molecule has 0 atom stereocenters. The van der Waals surface area contributed by atoms with E-state index in [-0.39, 0.29) is 22.9 Å². The van der Waals surface area contributed by atoms with Crippen LogP contribution in [0.3, 0.4) is 0 Å². The number of fused-ring (bicyclic) bond motifs is 2. The van der Waals surface area contributed by atoms with Crippen LogP contribution >= 0.6 is 0 Å². The second kappa shape index (κ2) is 10.4. The first-order valence-corrected chi connectivity index (χ1v) is 13.9. The first-order valence-electron chi connectivity index (χ1n) is 13.9. The molecule has 0 bridgehead atoms. The number of amides is 4. The van der Waals surface area contributed by atoms with Crippen molar-refractivity contribution in [2.24, 2.45) is 0 Å². The number of carbonyl (C=O) groups excluding carboxylic acids is 4. The molecule has 0 radical (unpaired) electrons. The Hall–Kier alpha value is -6.02. The van der Waals surface area contributed by atoms with E-state index in [2.05, 4.69) is 0 Å². The van der Waals surface area contributed by atoms with E-state index in [0.717, 1.165) is 15.4 Å². The first-order chi connectivity index (χ1) is 21.3. The Labute approximate surface area is 252 Å². The van der Waals surface area contributed by atoms with Crippen LogP contribution in [0.25, 0.3) is 11.1 Å². The van der Waals surface area contributed by atoms with E-state index in [1.807, 2.05) is 49.4 Å². The number of nitrogens with zero attached hydrogens (tertiary/aromatic N) is 2. The highest BCUT2D eigenvalue weighted by molar-refractivity contribution is 6.34. The van der Waals surface area contributed by atoms with Crippen LogP contribution in [-0.2, 0) is 0 Å². The van der Waals surface area contributed by atoms with Crippen molar-refractivity contribution in [2.45, 2.75) is 6.92 Å². The Bertz CT molecular complexity index is 2010. The largest absolute Gasteiger partial charge is 0.453 e. The average molecular weight is 581 g/mol. The summed E-state index contributed by atoms with van der Waals surface area (Å²) in [6.45, 7) is 2.01. The van der Waals surface area contributed by atoms with Crippen molar-refractivity contribution < 1.29 is 28.7 Å². The zero-order valence-corrected chi connectivity index (χ0v) is 23.7. The highest BCUT2D eigenvalue weighted by Crippen LogP contribution is 2.37. The second-order valence-corrected chi connectivity index (χ2v) is 10.6. The van der Waals surface area contributed by atoms with E-state index in [9.17, 15) is 19.2 Å². The maximum atomic E-state index is 13.5. The molecule has 2 aliphatic rings. The molecule has 2 aliphatic heterocycles. The van der Waals surface area contributed by atoms with Gasteiger partial charge in [0.05, 0.1) is 27.9 Å². The molecule has 5 aromatic carbocycles. The summed E-state index contributed by atoms with van der Waals surface area (Å²) in [5.41, 5.74) is 4.04. The summed E-state index contributed by atoms with van der Waals surface area (Å²) in [6, 6.07) is 31.7. The quantitative estimate of drug-likeness (QED) is 0.196. The Morgan fingerprint density at radius 2 is 0.955 bits per heavy atom. The number of anilines is 1. The van der Waals surface area contributed by atoms with Gasteiger partial charge in [0.1, 0.15) is 11.5 Å². The normalized spacial score (nSPS) is 13.8. The van der Waals surface area contributed by atoms with E-state index in [1.54, 1.807) is 66.7 Å². The molecule has 4 amide bonds. The van der Waals surface area contributed by atoms with E-state index in [0.29, 0.717) is 50.9 Å². The van der Waals surface area contributed by atoms with Gasteiger partial charge in [0.25, 0.3) is 23.6 Å². The third-order valence-electron chi connectivity index (χ3n) is 7.73. The summed E-state index contributed by atoms with van der Waals surface area (Å²) in [5, 5.41) is 0. The number of rotatable bonds is 6. The van der Waals surface area contributed by atoms with Crippen LogP contribution in [0.1, 0.15) is 47.0 Å². The zero-order valence-electron chi connectivity index (χ0n) is 23.7. The van der Waals surface area contributed by atoms with E-state index in [4.69, 9.17) is 9.47 Å². The van der Waals surface area contributed by atoms with Gasteiger partial charge < -0.3 is 9.47 Å². The van der Waals surface area contributed by atoms with Crippen LogP contribution in [0, 0.1) is 6.92 Å². The lowest BCUT2D eigenvalue weighted by atomic mass is 9.97. The molecule has 7 rings (SSSR count). The topological polar surface area (TPSA) is 93.2 Å². The smallest absolute Gasteiger partial charge is 0.266 e. The number of benzene rings is 5. The summed E-state index contributed by atoms with van der Waals surface area (Å²) in [4.78, 5) is 53.7. The molecule has 0 saturated heterocycles.